The molecule has 0 bridgehead atoms. The van der Waals surface area contributed by atoms with Crippen LogP contribution >= 0.6 is 23.4 Å². The average molecular weight is 554 g/mol. The number of benzene rings is 2. The largest absolute Gasteiger partial charge is 1.00 e. The molecule has 186 valence electrons. The standard InChI is InChI=1S/C25H20ClF2N3O4S.Na/c26-17-9-8-16-23(21(17)28)31(14-11-29-30(12-14)10-2-5-19(32)33)22(13-6-7-13)24(16)36-18-4-1-3-15(20(18)27)25(34)35;/h1,3-4,8-9,11-13H,2,5-7,10H2,(H,32,33)(H,34,35);/q;+1/p-1. The van der Waals surface area contributed by atoms with Crippen molar-refractivity contribution < 1.29 is 58.1 Å². The van der Waals surface area contributed by atoms with Gasteiger partial charge in [-0.2, -0.15) is 5.10 Å². The maximum Gasteiger partial charge on any atom is 1.00 e. The molecule has 2 aromatic heterocycles. The Morgan fingerprint density at radius 2 is 1.95 bits per heavy atom. The number of aryl methyl sites for hydroxylation is 1. The minimum atomic E-state index is -1.62. The van der Waals surface area contributed by atoms with E-state index in [-0.39, 0.29) is 57.3 Å². The summed E-state index contributed by atoms with van der Waals surface area (Å²) in [6, 6.07) is 7.15. The van der Waals surface area contributed by atoms with E-state index in [0.29, 0.717) is 28.9 Å². The van der Waals surface area contributed by atoms with Gasteiger partial charge in [0.15, 0.2) is 5.82 Å². The first-order valence-corrected chi connectivity index (χ1v) is 12.4. The Bertz CT molecular complexity index is 1520. The SMILES string of the molecule is O=C(O)CCCn1cc(-n2c(C3CC3)c(Sc3cccc(C(=O)[O-])c3F)c3ccc(Cl)c(F)c32)cn1.[Na+]. The summed E-state index contributed by atoms with van der Waals surface area (Å²) in [7, 11) is 0. The number of aliphatic carboxylic acids is 1. The number of hydrogen-bond donors (Lipinski definition) is 1. The molecule has 1 aliphatic carbocycles. The van der Waals surface area contributed by atoms with Crippen LogP contribution in [0.15, 0.2) is 52.5 Å². The molecular weight excluding hydrogens is 535 g/mol. The molecule has 0 saturated heterocycles. The van der Waals surface area contributed by atoms with Gasteiger partial charge >= 0.3 is 35.5 Å². The van der Waals surface area contributed by atoms with Gasteiger partial charge in [-0.3, -0.25) is 9.48 Å². The normalized spacial score (nSPS) is 13.1. The molecule has 1 aliphatic rings. The van der Waals surface area contributed by atoms with Crippen LogP contribution in [0, 0.1) is 11.6 Å². The third-order valence-corrected chi connectivity index (χ3v) is 7.49. The molecule has 37 heavy (non-hydrogen) atoms. The second kappa shape index (κ2) is 11.2. The van der Waals surface area contributed by atoms with Gasteiger partial charge in [-0.15, -0.1) is 0 Å². The summed E-state index contributed by atoms with van der Waals surface area (Å²) in [4.78, 5) is 22.9. The molecule has 2 heterocycles. The van der Waals surface area contributed by atoms with Gasteiger partial charge in [-0.25, -0.2) is 8.78 Å². The minimum absolute atomic E-state index is 0. The van der Waals surface area contributed by atoms with Crippen LogP contribution in [0.25, 0.3) is 16.6 Å². The van der Waals surface area contributed by atoms with Crippen LogP contribution in [0.2, 0.25) is 5.02 Å². The molecule has 7 nitrogen and oxygen atoms in total. The first-order valence-electron chi connectivity index (χ1n) is 11.2. The van der Waals surface area contributed by atoms with Gasteiger partial charge in [-0.05, 0) is 37.5 Å². The third kappa shape index (κ3) is 5.44. The van der Waals surface area contributed by atoms with Gasteiger partial charge in [0.2, 0.25) is 0 Å². The molecule has 4 aromatic rings. The summed E-state index contributed by atoms with van der Waals surface area (Å²) in [5.41, 5.74) is 0.996. The van der Waals surface area contributed by atoms with E-state index in [4.69, 9.17) is 16.7 Å². The summed E-state index contributed by atoms with van der Waals surface area (Å²) < 4.78 is 33.8. The fourth-order valence-corrected chi connectivity index (χ4v) is 5.60. The number of hydrogen-bond acceptors (Lipinski definition) is 5. The number of carbonyl (C=O) groups is 2. The Kier molecular flexibility index (Phi) is 8.35. The average Bonchev–Trinajstić information content (AvgIpc) is 3.47. The number of carbonyl (C=O) groups excluding carboxylic acids is 1. The van der Waals surface area contributed by atoms with E-state index in [9.17, 15) is 14.7 Å². The molecular formula is C25H19ClF2N3NaO4S. The summed E-state index contributed by atoms with van der Waals surface area (Å²) >= 11 is 7.18. The molecule has 1 saturated carbocycles. The summed E-state index contributed by atoms with van der Waals surface area (Å²) in [5.74, 6) is -3.98. The van der Waals surface area contributed by atoms with Gasteiger partial charge in [0, 0.05) is 51.5 Å². The quantitative estimate of drug-likeness (QED) is 0.318. The molecule has 0 spiro atoms. The van der Waals surface area contributed by atoms with E-state index < -0.39 is 29.1 Å². The van der Waals surface area contributed by atoms with Crippen LogP contribution in [-0.4, -0.2) is 31.4 Å². The van der Waals surface area contributed by atoms with Crippen LogP contribution in [0.3, 0.4) is 0 Å². The zero-order valence-corrected chi connectivity index (χ0v) is 23.3. The maximum absolute atomic E-state index is 15.5. The second-order valence-corrected chi connectivity index (χ2v) is 10.0. The van der Waals surface area contributed by atoms with E-state index in [0.717, 1.165) is 36.4 Å². The summed E-state index contributed by atoms with van der Waals surface area (Å²) in [5, 5.41) is 25.0. The molecule has 0 amide bonds. The number of nitrogens with zero attached hydrogens (tertiary/aromatic N) is 3. The van der Waals surface area contributed by atoms with Crippen molar-refractivity contribution in [2.45, 2.75) is 47.9 Å². The number of aromatic nitrogens is 3. The first kappa shape index (κ1) is 27.7. The Labute approximate surface area is 241 Å². The van der Waals surface area contributed by atoms with Crippen molar-refractivity contribution in [1.82, 2.24) is 14.3 Å². The van der Waals surface area contributed by atoms with Gasteiger partial charge in [-0.1, -0.05) is 35.5 Å². The molecule has 1 fully saturated rings. The molecule has 1 N–H and O–H groups in total. The number of carboxylic acid groups (broad SMARTS) is 2. The third-order valence-electron chi connectivity index (χ3n) is 6.03. The van der Waals surface area contributed by atoms with Crippen molar-refractivity contribution >= 4 is 46.2 Å². The van der Waals surface area contributed by atoms with Crippen LogP contribution in [-0.2, 0) is 11.3 Å². The molecule has 0 unspecified atom stereocenters. The van der Waals surface area contributed by atoms with Crippen molar-refractivity contribution in [1.29, 1.82) is 0 Å². The second-order valence-electron chi connectivity index (χ2n) is 8.55. The zero-order valence-electron chi connectivity index (χ0n) is 19.7. The van der Waals surface area contributed by atoms with E-state index in [1.165, 1.54) is 18.2 Å². The van der Waals surface area contributed by atoms with Crippen molar-refractivity contribution in [3.63, 3.8) is 0 Å². The first-order chi connectivity index (χ1) is 17.3. The number of carboxylic acids is 2. The Balaban J connectivity index is 0.00000320. The number of halogens is 3. The van der Waals surface area contributed by atoms with Gasteiger partial charge < -0.3 is 19.6 Å². The van der Waals surface area contributed by atoms with E-state index in [2.05, 4.69) is 5.10 Å². The molecule has 5 rings (SSSR count). The summed E-state index contributed by atoms with van der Waals surface area (Å²) in [6.07, 6.45) is 5.36. The molecule has 2 aromatic carbocycles. The van der Waals surface area contributed by atoms with Crippen molar-refractivity contribution in [3.05, 3.63) is 70.6 Å². The van der Waals surface area contributed by atoms with E-state index in [1.807, 2.05) is 0 Å². The Hall–Kier alpha value is -2.37. The predicted molar refractivity (Wildman–Crippen MR) is 128 cm³/mol. The number of rotatable bonds is 9. The van der Waals surface area contributed by atoms with Gasteiger partial charge in [0.1, 0.15) is 5.82 Å². The molecule has 0 radical (unpaired) electrons. The molecule has 0 aliphatic heterocycles. The van der Waals surface area contributed by atoms with Gasteiger partial charge in [0.25, 0.3) is 0 Å². The number of fused-ring (bicyclic) bond motifs is 1. The Morgan fingerprint density at radius 3 is 2.62 bits per heavy atom. The topological polar surface area (TPSA) is 100 Å². The molecule has 12 heteroatoms. The van der Waals surface area contributed by atoms with Crippen molar-refractivity contribution in [3.8, 4) is 5.69 Å². The monoisotopic (exact) mass is 553 g/mol. The minimum Gasteiger partial charge on any atom is -0.545 e. The summed E-state index contributed by atoms with van der Waals surface area (Å²) in [6.45, 7) is 0.371. The van der Waals surface area contributed by atoms with E-state index >= 15 is 8.78 Å². The molecule has 0 atom stereocenters. The van der Waals surface area contributed by atoms with Crippen LogP contribution in [0.1, 0.15) is 47.7 Å². The number of aromatic carboxylic acids is 1. The predicted octanol–water partition coefficient (Wildman–Crippen LogP) is 2.02. The smallest absolute Gasteiger partial charge is 0.545 e. The fraction of sp³-hybridized carbons (Fsp3) is 0.240. The fourth-order valence-electron chi connectivity index (χ4n) is 4.24. The van der Waals surface area contributed by atoms with Gasteiger partial charge in [0.05, 0.1) is 28.4 Å². The van der Waals surface area contributed by atoms with Crippen molar-refractivity contribution in [2.75, 3.05) is 0 Å². The van der Waals surface area contributed by atoms with Crippen LogP contribution in [0.5, 0.6) is 0 Å². The van der Waals surface area contributed by atoms with Crippen LogP contribution < -0.4 is 34.7 Å². The zero-order chi connectivity index (χ0) is 25.6. The maximum atomic E-state index is 15.5. The van der Waals surface area contributed by atoms with E-state index in [1.54, 1.807) is 27.7 Å². The Morgan fingerprint density at radius 1 is 1.19 bits per heavy atom. The van der Waals surface area contributed by atoms with Crippen molar-refractivity contribution in [2.24, 2.45) is 0 Å². The van der Waals surface area contributed by atoms with Crippen LogP contribution in [0.4, 0.5) is 8.78 Å².